The van der Waals surface area contributed by atoms with Gasteiger partial charge in [0.25, 0.3) is 0 Å². The fourth-order valence-electron chi connectivity index (χ4n) is 1.99. The first kappa shape index (κ1) is 13.2. The smallest absolute Gasteiger partial charge is 0.127 e. The van der Waals surface area contributed by atoms with E-state index in [1.54, 1.807) is 6.07 Å². The molecule has 0 spiro atoms. The summed E-state index contributed by atoms with van der Waals surface area (Å²) < 4.78 is 13.6. The third-order valence-corrected chi connectivity index (χ3v) is 3.11. The lowest BCUT2D eigenvalue weighted by atomic mass is 10.0. The zero-order valence-electron chi connectivity index (χ0n) is 10.5. The van der Waals surface area contributed by atoms with Gasteiger partial charge >= 0.3 is 0 Å². The van der Waals surface area contributed by atoms with Crippen molar-refractivity contribution in [3.05, 3.63) is 35.6 Å². The maximum Gasteiger partial charge on any atom is 0.127 e. The Labute approximate surface area is 98.1 Å². The average Bonchev–Trinajstić information content (AvgIpc) is 2.32. The van der Waals surface area contributed by atoms with Crippen molar-refractivity contribution >= 4 is 0 Å². The molecule has 0 aliphatic rings. The molecule has 0 bridgehead atoms. The lowest BCUT2D eigenvalue weighted by Crippen LogP contribution is -2.32. The van der Waals surface area contributed by atoms with Gasteiger partial charge in [-0.2, -0.15) is 0 Å². The number of rotatable bonds is 6. The SMILES string of the molecule is CCC(CC)NC(CC)c1ccccc1F. The van der Waals surface area contributed by atoms with Gasteiger partial charge in [-0.3, -0.25) is 0 Å². The molecule has 0 fully saturated rings. The normalized spacial score (nSPS) is 13.1. The minimum absolute atomic E-state index is 0.104. The van der Waals surface area contributed by atoms with Crippen LogP contribution < -0.4 is 5.32 Å². The molecule has 1 nitrogen and oxygen atoms in total. The van der Waals surface area contributed by atoms with Crippen LogP contribution in [0.5, 0.6) is 0 Å². The number of nitrogens with one attached hydrogen (secondary N) is 1. The van der Waals surface area contributed by atoms with E-state index in [9.17, 15) is 4.39 Å². The first-order valence-electron chi connectivity index (χ1n) is 6.23. The summed E-state index contributed by atoms with van der Waals surface area (Å²) in [6.45, 7) is 6.41. The standard InChI is InChI=1S/C14H22FN/c1-4-11(5-2)16-14(6-3)12-9-7-8-10-13(12)15/h7-11,14,16H,4-6H2,1-3H3. The average molecular weight is 223 g/mol. The summed E-state index contributed by atoms with van der Waals surface area (Å²) in [4.78, 5) is 0. The van der Waals surface area contributed by atoms with Crippen LogP contribution in [-0.4, -0.2) is 6.04 Å². The molecule has 16 heavy (non-hydrogen) atoms. The molecule has 1 aromatic carbocycles. The van der Waals surface area contributed by atoms with Gasteiger partial charge in [0.15, 0.2) is 0 Å². The molecular formula is C14H22FN. The van der Waals surface area contributed by atoms with Crippen molar-refractivity contribution in [2.45, 2.75) is 52.1 Å². The van der Waals surface area contributed by atoms with E-state index < -0.39 is 0 Å². The van der Waals surface area contributed by atoms with Crippen molar-refractivity contribution in [1.82, 2.24) is 5.32 Å². The fourth-order valence-corrected chi connectivity index (χ4v) is 1.99. The van der Waals surface area contributed by atoms with Gasteiger partial charge in [-0.05, 0) is 25.3 Å². The van der Waals surface area contributed by atoms with Crippen LogP contribution in [0.25, 0.3) is 0 Å². The van der Waals surface area contributed by atoms with Gasteiger partial charge in [0.2, 0.25) is 0 Å². The molecule has 0 radical (unpaired) electrons. The lowest BCUT2D eigenvalue weighted by molar-refractivity contribution is 0.397. The van der Waals surface area contributed by atoms with Crippen LogP contribution >= 0.6 is 0 Å². The van der Waals surface area contributed by atoms with Crippen molar-refractivity contribution in [3.63, 3.8) is 0 Å². The Morgan fingerprint density at radius 3 is 2.19 bits per heavy atom. The molecule has 1 N–H and O–H groups in total. The van der Waals surface area contributed by atoms with Crippen molar-refractivity contribution in [2.75, 3.05) is 0 Å². The van der Waals surface area contributed by atoms with E-state index in [2.05, 4.69) is 26.1 Å². The lowest BCUT2D eigenvalue weighted by Gasteiger charge is -2.24. The third-order valence-electron chi connectivity index (χ3n) is 3.11. The summed E-state index contributed by atoms with van der Waals surface area (Å²) >= 11 is 0. The highest BCUT2D eigenvalue weighted by Gasteiger charge is 2.15. The van der Waals surface area contributed by atoms with Crippen LogP contribution in [0.3, 0.4) is 0 Å². The second-order valence-electron chi connectivity index (χ2n) is 4.16. The van der Waals surface area contributed by atoms with E-state index in [-0.39, 0.29) is 11.9 Å². The van der Waals surface area contributed by atoms with E-state index in [1.807, 2.05) is 12.1 Å². The van der Waals surface area contributed by atoms with Crippen molar-refractivity contribution in [3.8, 4) is 0 Å². The highest BCUT2D eigenvalue weighted by Crippen LogP contribution is 2.21. The van der Waals surface area contributed by atoms with Gasteiger partial charge in [0, 0.05) is 17.6 Å². The first-order chi connectivity index (χ1) is 7.72. The molecule has 90 valence electrons. The molecule has 0 heterocycles. The molecular weight excluding hydrogens is 201 g/mol. The Morgan fingerprint density at radius 1 is 1.06 bits per heavy atom. The predicted octanol–water partition coefficient (Wildman–Crippen LogP) is 4.06. The van der Waals surface area contributed by atoms with Gasteiger partial charge in [-0.25, -0.2) is 4.39 Å². The fraction of sp³-hybridized carbons (Fsp3) is 0.571. The highest BCUT2D eigenvalue weighted by molar-refractivity contribution is 5.21. The van der Waals surface area contributed by atoms with Crippen LogP contribution in [0.4, 0.5) is 4.39 Å². The quantitative estimate of drug-likeness (QED) is 0.767. The maximum absolute atomic E-state index is 13.6. The third kappa shape index (κ3) is 3.31. The van der Waals surface area contributed by atoms with Crippen LogP contribution in [0.2, 0.25) is 0 Å². The zero-order valence-corrected chi connectivity index (χ0v) is 10.5. The van der Waals surface area contributed by atoms with Gasteiger partial charge in [-0.15, -0.1) is 0 Å². The second-order valence-corrected chi connectivity index (χ2v) is 4.16. The molecule has 0 aliphatic carbocycles. The van der Waals surface area contributed by atoms with Crippen molar-refractivity contribution in [1.29, 1.82) is 0 Å². The Hall–Kier alpha value is -0.890. The number of hydrogen-bond acceptors (Lipinski definition) is 1. The van der Waals surface area contributed by atoms with Gasteiger partial charge in [0.05, 0.1) is 0 Å². The Balaban J connectivity index is 2.78. The monoisotopic (exact) mass is 223 g/mol. The van der Waals surface area contributed by atoms with Gasteiger partial charge in [0.1, 0.15) is 5.82 Å². The summed E-state index contributed by atoms with van der Waals surface area (Å²) in [6.07, 6.45) is 3.08. The van der Waals surface area contributed by atoms with Gasteiger partial charge in [-0.1, -0.05) is 39.0 Å². The highest BCUT2D eigenvalue weighted by atomic mass is 19.1. The molecule has 2 heteroatoms. The van der Waals surface area contributed by atoms with E-state index in [1.165, 1.54) is 6.07 Å². The molecule has 1 atom stereocenters. The second kappa shape index (κ2) is 6.64. The Morgan fingerprint density at radius 2 is 1.69 bits per heavy atom. The summed E-state index contributed by atoms with van der Waals surface area (Å²) in [5.74, 6) is -0.104. The molecule has 0 aromatic heterocycles. The molecule has 0 amide bonds. The Bertz CT molecular complexity index is 307. The summed E-state index contributed by atoms with van der Waals surface area (Å²) in [7, 11) is 0. The first-order valence-corrected chi connectivity index (χ1v) is 6.23. The van der Waals surface area contributed by atoms with Crippen LogP contribution in [0.1, 0.15) is 51.6 Å². The van der Waals surface area contributed by atoms with E-state index in [4.69, 9.17) is 0 Å². The van der Waals surface area contributed by atoms with Crippen LogP contribution in [0.15, 0.2) is 24.3 Å². The van der Waals surface area contributed by atoms with Crippen molar-refractivity contribution in [2.24, 2.45) is 0 Å². The summed E-state index contributed by atoms with van der Waals surface area (Å²) in [6, 6.07) is 7.65. The number of benzene rings is 1. The topological polar surface area (TPSA) is 12.0 Å². The summed E-state index contributed by atoms with van der Waals surface area (Å²) in [5.41, 5.74) is 0.789. The van der Waals surface area contributed by atoms with Crippen LogP contribution in [-0.2, 0) is 0 Å². The predicted molar refractivity (Wildman–Crippen MR) is 66.9 cm³/mol. The molecule has 0 aliphatic heterocycles. The minimum Gasteiger partial charge on any atom is -0.307 e. The zero-order chi connectivity index (χ0) is 12.0. The van der Waals surface area contributed by atoms with Crippen LogP contribution in [0, 0.1) is 5.82 Å². The minimum atomic E-state index is -0.104. The Kier molecular flexibility index (Phi) is 5.47. The maximum atomic E-state index is 13.6. The van der Waals surface area contributed by atoms with E-state index in [0.29, 0.717) is 6.04 Å². The molecule has 0 saturated heterocycles. The van der Waals surface area contributed by atoms with E-state index in [0.717, 1.165) is 24.8 Å². The molecule has 1 unspecified atom stereocenters. The summed E-state index contributed by atoms with van der Waals surface area (Å²) in [5, 5.41) is 3.52. The molecule has 0 saturated carbocycles. The van der Waals surface area contributed by atoms with E-state index >= 15 is 0 Å². The largest absolute Gasteiger partial charge is 0.307 e. The molecule has 1 rings (SSSR count). The van der Waals surface area contributed by atoms with Gasteiger partial charge < -0.3 is 5.32 Å². The van der Waals surface area contributed by atoms with Crippen molar-refractivity contribution < 1.29 is 4.39 Å². The number of halogens is 1. The number of hydrogen-bond donors (Lipinski definition) is 1. The molecule has 1 aromatic rings.